The summed E-state index contributed by atoms with van der Waals surface area (Å²) in [6, 6.07) is 13.1. The van der Waals surface area contributed by atoms with E-state index < -0.39 is 11.0 Å². The van der Waals surface area contributed by atoms with Crippen molar-refractivity contribution in [3.63, 3.8) is 0 Å². The van der Waals surface area contributed by atoms with Crippen LogP contribution in [0.4, 0.5) is 5.69 Å². The van der Waals surface area contributed by atoms with Crippen molar-refractivity contribution in [2.45, 2.75) is 32.9 Å². The van der Waals surface area contributed by atoms with Gasteiger partial charge in [0, 0.05) is 25.2 Å². The van der Waals surface area contributed by atoms with E-state index in [2.05, 4.69) is 5.32 Å². The molecule has 0 unspecified atom stereocenters. The third-order valence-electron chi connectivity index (χ3n) is 4.55. The van der Waals surface area contributed by atoms with Gasteiger partial charge in [-0.15, -0.1) is 0 Å². The summed E-state index contributed by atoms with van der Waals surface area (Å²) in [6.45, 7) is 3.83. The molecule has 0 spiro atoms. The topological polar surface area (TPSA) is 92.6 Å². The largest absolute Gasteiger partial charge is 0.357 e. The van der Waals surface area contributed by atoms with Gasteiger partial charge in [-0.2, -0.15) is 0 Å². The number of benzene rings is 2. The molecule has 0 radical (unpaired) electrons. The van der Waals surface area contributed by atoms with Crippen molar-refractivity contribution in [2.75, 3.05) is 7.05 Å². The van der Waals surface area contributed by atoms with E-state index in [-0.39, 0.29) is 30.5 Å². The molecule has 0 fully saturated rings. The molecule has 0 saturated heterocycles. The van der Waals surface area contributed by atoms with Gasteiger partial charge in [-0.1, -0.05) is 42.5 Å². The number of amides is 2. The summed E-state index contributed by atoms with van der Waals surface area (Å²) in [5, 5.41) is 13.8. The minimum Gasteiger partial charge on any atom is -0.357 e. The van der Waals surface area contributed by atoms with Gasteiger partial charge in [0.2, 0.25) is 11.8 Å². The number of nitrogens with zero attached hydrogens (tertiary/aromatic N) is 2. The van der Waals surface area contributed by atoms with Crippen LogP contribution in [-0.2, 0) is 22.6 Å². The lowest BCUT2D eigenvalue weighted by atomic mass is 10.0. The Morgan fingerprint density at radius 2 is 1.70 bits per heavy atom. The molecule has 7 nitrogen and oxygen atoms in total. The van der Waals surface area contributed by atoms with Gasteiger partial charge < -0.3 is 10.2 Å². The second-order valence-electron chi connectivity index (χ2n) is 6.30. The molecule has 2 rings (SSSR count). The third-order valence-corrected chi connectivity index (χ3v) is 4.55. The summed E-state index contributed by atoms with van der Waals surface area (Å²) in [7, 11) is 1.51. The van der Waals surface area contributed by atoms with E-state index in [9.17, 15) is 19.7 Å². The van der Waals surface area contributed by atoms with Crippen molar-refractivity contribution in [3.05, 3.63) is 75.3 Å². The van der Waals surface area contributed by atoms with Gasteiger partial charge in [-0.3, -0.25) is 19.7 Å². The van der Waals surface area contributed by atoms with Crippen molar-refractivity contribution in [2.24, 2.45) is 0 Å². The predicted octanol–water partition coefficient (Wildman–Crippen LogP) is 2.61. The van der Waals surface area contributed by atoms with Crippen LogP contribution >= 0.6 is 0 Å². The lowest BCUT2D eigenvalue weighted by molar-refractivity contribution is -0.385. The molecule has 1 N–H and O–H groups in total. The minimum atomic E-state index is -0.704. The molecular formula is C20H23N3O4. The van der Waals surface area contributed by atoms with Crippen molar-refractivity contribution in [3.8, 4) is 0 Å². The Kier molecular flexibility index (Phi) is 6.65. The van der Waals surface area contributed by atoms with E-state index in [0.717, 1.165) is 11.1 Å². The van der Waals surface area contributed by atoms with Crippen LogP contribution in [0.15, 0.2) is 48.5 Å². The van der Waals surface area contributed by atoms with Crippen LogP contribution in [0.3, 0.4) is 0 Å². The maximum absolute atomic E-state index is 13.0. The maximum Gasteiger partial charge on any atom is 0.273 e. The fourth-order valence-corrected chi connectivity index (χ4v) is 2.87. The molecule has 2 aromatic rings. The average molecular weight is 369 g/mol. The van der Waals surface area contributed by atoms with Gasteiger partial charge in [0.1, 0.15) is 6.04 Å². The lowest BCUT2D eigenvalue weighted by Crippen LogP contribution is -2.47. The molecule has 7 heteroatoms. The van der Waals surface area contributed by atoms with Gasteiger partial charge in [0.25, 0.3) is 5.69 Å². The molecule has 142 valence electrons. The molecule has 27 heavy (non-hydrogen) atoms. The highest BCUT2D eigenvalue weighted by molar-refractivity contribution is 5.88. The number of rotatable bonds is 7. The van der Waals surface area contributed by atoms with Crippen LogP contribution in [0, 0.1) is 17.0 Å². The van der Waals surface area contributed by atoms with Crippen LogP contribution < -0.4 is 5.32 Å². The highest BCUT2D eigenvalue weighted by Crippen LogP contribution is 2.21. The Bertz CT molecular complexity index is 851. The summed E-state index contributed by atoms with van der Waals surface area (Å²) in [4.78, 5) is 37.3. The fraction of sp³-hybridized carbons (Fsp3) is 0.300. The summed E-state index contributed by atoms with van der Waals surface area (Å²) in [5.74, 6) is -0.636. The zero-order chi connectivity index (χ0) is 20.0. The quantitative estimate of drug-likeness (QED) is 0.600. The van der Waals surface area contributed by atoms with Gasteiger partial charge in [0.05, 0.1) is 11.3 Å². The molecule has 0 aromatic heterocycles. The molecule has 0 saturated carbocycles. The lowest BCUT2D eigenvalue weighted by Gasteiger charge is -2.29. The van der Waals surface area contributed by atoms with E-state index in [1.54, 1.807) is 25.1 Å². The molecule has 0 aliphatic rings. The Morgan fingerprint density at radius 1 is 1.11 bits per heavy atom. The van der Waals surface area contributed by atoms with Gasteiger partial charge in [-0.05, 0) is 25.0 Å². The number of carbonyl (C=O) groups is 2. The number of likely N-dealkylation sites (N-methyl/N-ethyl adjacent to an activating group) is 1. The predicted molar refractivity (Wildman–Crippen MR) is 102 cm³/mol. The maximum atomic E-state index is 13.0. The normalized spacial score (nSPS) is 11.5. The van der Waals surface area contributed by atoms with Crippen LogP contribution in [-0.4, -0.2) is 34.7 Å². The first kappa shape index (κ1) is 20.1. The first-order valence-corrected chi connectivity index (χ1v) is 8.63. The third kappa shape index (κ3) is 4.91. The average Bonchev–Trinajstić information content (AvgIpc) is 2.66. The van der Waals surface area contributed by atoms with Crippen LogP contribution in [0.25, 0.3) is 0 Å². The first-order valence-electron chi connectivity index (χ1n) is 8.63. The molecular weight excluding hydrogens is 346 g/mol. The Morgan fingerprint density at radius 3 is 2.30 bits per heavy atom. The summed E-state index contributed by atoms with van der Waals surface area (Å²) in [5.41, 5.74) is 2.15. The van der Waals surface area contributed by atoms with Gasteiger partial charge in [0.15, 0.2) is 0 Å². The van der Waals surface area contributed by atoms with Crippen molar-refractivity contribution in [1.82, 2.24) is 10.2 Å². The number of para-hydroxylation sites is 1. The SMILES string of the molecule is CNC(=O)[C@H](C)N(Cc1ccccc1C)C(=O)Cc1ccccc1[N+](=O)[O-]. The van der Waals surface area contributed by atoms with E-state index in [1.807, 2.05) is 31.2 Å². The summed E-state index contributed by atoms with van der Waals surface area (Å²) in [6.07, 6.45) is -0.148. The van der Waals surface area contributed by atoms with E-state index in [4.69, 9.17) is 0 Å². The van der Waals surface area contributed by atoms with Crippen molar-refractivity contribution < 1.29 is 14.5 Å². The number of nitrogens with one attached hydrogen (secondary N) is 1. The molecule has 1 atom stereocenters. The standard InChI is InChI=1S/C20H23N3O4/c1-14-8-4-5-10-17(14)13-22(15(2)20(25)21-3)19(24)12-16-9-6-7-11-18(16)23(26)27/h4-11,15H,12-13H2,1-3H3,(H,21,25)/t15-/m0/s1. The summed E-state index contributed by atoms with van der Waals surface area (Å²) >= 11 is 0. The number of aryl methyl sites for hydroxylation is 1. The number of hydrogen-bond acceptors (Lipinski definition) is 4. The molecule has 0 aliphatic heterocycles. The monoisotopic (exact) mass is 369 g/mol. The van der Waals surface area contributed by atoms with E-state index in [0.29, 0.717) is 5.56 Å². The Balaban J connectivity index is 2.32. The van der Waals surface area contributed by atoms with Gasteiger partial charge >= 0.3 is 0 Å². The summed E-state index contributed by atoms with van der Waals surface area (Å²) < 4.78 is 0. The second-order valence-corrected chi connectivity index (χ2v) is 6.30. The molecule has 0 heterocycles. The number of nitro groups is 1. The Labute approximate surface area is 158 Å². The van der Waals surface area contributed by atoms with E-state index >= 15 is 0 Å². The van der Waals surface area contributed by atoms with Crippen LogP contribution in [0.5, 0.6) is 0 Å². The van der Waals surface area contributed by atoms with Crippen LogP contribution in [0.1, 0.15) is 23.6 Å². The van der Waals surface area contributed by atoms with Crippen molar-refractivity contribution >= 4 is 17.5 Å². The molecule has 2 amide bonds. The molecule has 2 aromatic carbocycles. The number of carbonyl (C=O) groups excluding carboxylic acids is 2. The highest BCUT2D eigenvalue weighted by atomic mass is 16.6. The number of hydrogen-bond donors (Lipinski definition) is 1. The van der Waals surface area contributed by atoms with Crippen LogP contribution in [0.2, 0.25) is 0 Å². The minimum absolute atomic E-state index is 0.103. The van der Waals surface area contributed by atoms with Crippen molar-refractivity contribution in [1.29, 1.82) is 0 Å². The zero-order valence-corrected chi connectivity index (χ0v) is 15.6. The number of nitro benzene ring substituents is 1. The second kappa shape index (κ2) is 8.93. The van der Waals surface area contributed by atoms with E-state index in [1.165, 1.54) is 18.0 Å². The first-order chi connectivity index (χ1) is 12.8. The smallest absolute Gasteiger partial charge is 0.273 e. The molecule has 0 aliphatic carbocycles. The van der Waals surface area contributed by atoms with Gasteiger partial charge in [-0.25, -0.2) is 0 Å². The fourth-order valence-electron chi connectivity index (χ4n) is 2.87. The molecule has 0 bridgehead atoms. The zero-order valence-electron chi connectivity index (χ0n) is 15.6. The Hall–Kier alpha value is -3.22. The highest BCUT2D eigenvalue weighted by Gasteiger charge is 2.27.